The van der Waals surface area contributed by atoms with Crippen LogP contribution < -0.4 is 0 Å². The molecule has 0 spiro atoms. The Morgan fingerprint density at radius 3 is 2.30 bits per heavy atom. The van der Waals surface area contributed by atoms with Gasteiger partial charge in [0.1, 0.15) is 23.7 Å². The Kier molecular flexibility index (Phi) is 6.87. The molecule has 1 saturated heterocycles. The number of aliphatic hydroxyl groups is 2. The first kappa shape index (κ1) is 19.9. The van der Waals surface area contributed by atoms with Crippen molar-refractivity contribution in [2.45, 2.75) is 41.4 Å². The molecule has 1 fully saturated rings. The molecule has 6 nitrogen and oxygen atoms in total. The van der Waals surface area contributed by atoms with Gasteiger partial charge >= 0.3 is 5.97 Å². The first-order valence-corrected chi connectivity index (χ1v) is 9.45. The molecule has 2 N–H and O–H groups in total. The first-order valence-electron chi connectivity index (χ1n) is 8.57. The molecule has 0 radical (unpaired) electrons. The maximum absolute atomic E-state index is 12.0. The number of benzene rings is 2. The number of ether oxygens (including phenoxy) is 3. The van der Waals surface area contributed by atoms with Gasteiger partial charge in [-0.1, -0.05) is 60.3 Å². The Balaban J connectivity index is 1.77. The number of carbonyl (C=O) groups excluding carboxylic acids is 1. The monoisotopic (exact) mass is 390 g/mol. The summed E-state index contributed by atoms with van der Waals surface area (Å²) in [6, 6.07) is 18.8. The van der Waals surface area contributed by atoms with Gasteiger partial charge in [0.2, 0.25) is 0 Å². The molecular formula is C20H22O6S. The van der Waals surface area contributed by atoms with E-state index in [4.69, 9.17) is 14.2 Å². The van der Waals surface area contributed by atoms with Crippen molar-refractivity contribution in [1.82, 2.24) is 0 Å². The van der Waals surface area contributed by atoms with Crippen LogP contribution in [0.5, 0.6) is 0 Å². The minimum atomic E-state index is -1.34. The van der Waals surface area contributed by atoms with E-state index in [2.05, 4.69) is 0 Å². The molecule has 1 heterocycles. The Hall–Kier alpha value is -1.90. The lowest BCUT2D eigenvalue weighted by molar-refractivity contribution is -0.224. The first-order chi connectivity index (χ1) is 13.1. The number of hydrogen-bond acceptors (Lipinski definition) is 7. The molecule has 0 bridgehead atoms. The Labute approximate surface area is 162 Å². The third kappa shape index (κ3) is 4.88. The van der Waals surface area contributed by atoms with Crippen molar-refractivity contribution in [1.29, 1.82) is 0 Å². The number of rotatable bonds is 6. The molecule has 0 aliphatic carbocycles. The van der Waals surface area contributed by atoms with Gasteiger partial charge < -0.3 is 24.4 Å². The van der Waals surface area contributed by atoms with Crippen molar-refractivity contribution >= 4 is 17.7 Å². The second-order valence-corrected chi connectivity index (χ2v) is 7.29. The summed E-state index contributed by atoms with van der Waals surface area (Å²) in [5.74, 6) is -0.707. The van der Waals surface area contributed by atoms with Gasteiger partial charge in [-0.3, -0.25) is 0 Å². The topological polar surface area (TPSA) is 85.2 Å². The number of hydrogen-bond donors (Lipinski definition) is 2. The lowest BCUT2D eigenvalue weighted by Gasteiger charge is -2.41. The molecule has 2 unspecified atom stereocenters. The second-order valence-electron chi connectivity index (χ2n) is 6.12. The van der Waals surface area contributed by atoms with Crippen molar-refractivity contribution in [3.63, 3.8) is 0 Å². The van der Waals surface area contributed by atoms with Gasteiger partial charge in [-0.25, -0.2) is 4.79 Å². The molecule has 2 aromatic rings. The van der Waals surface area contributed by atoms with Gasteiger partial charge in [0.05, 0.1) is 13.7 Å². The average molecular weight is 390 g/mol. The highest BCUT2D eigenvalue weighted by Crippen LogP contribution is 2.35. The third-order valence-corrected chi connectivity index (χ3v) is 5.42. The third-order valence-electron chi connectivity index (χ3n) is 4.26. The standard InChI is InChI=1S/C20H22O6S/c1-24-19(23)18-15(21)17(25-12-13-8-4-2-5-9-13)16(22)20(26-18)27-14-10-6-3-7-11-14/h2-11,15-18,20-22H,12H2,1H3/t15-,16?,17-,18?,20-/m0/s1. The molecule has 0 saturated carbocycles. The highest BCUT2D eigenvalue weighted by atomic mass is 32.2. The van der Waals surface area contributed by atoms with E-state index >= 15 is 0 Å². The van der Waals surface area contributed by atoms with Crippen molar-refractivity contribution < 1.29 is 29.2 Å². The average Bonchev–Trinajstić information content (AvgIpc) is 2.71. The minimum absolute atomic E-state index is 0.191. The lowest BCUT2D eigenvalue weighted by atomic mass is 9.99. The molecule has 2 aromatic carbocycles. The normalized spacial score (nSPS) is 27.9. The van der Waals surface area contributed by atoms with Crippen LogP contribution in [0.1, 0.15) is 5.56 Å². The second kappa shape index (κ2) is 9.34. The van der Waals surface area contributed by atoms with Crippen LogP contribution in [0.3, 0.4) is 0 Å². The minimum Gasteiger partial charge on any atom is -0.467 e. The smallest absolute Gasteiger partial charge is 0.337 e. The van der Waals surface area contributed by atoms with Crippen LogP contribution >= 0.6 is 11.8 Å². The zero-order valence-electron chi connectivity index (χ0n) is 14.8. The molecule has 0 aromatic heterocycles. The summed E-state index contributed by atoms with van der Waals surface area (Å²) >= 11 is 1.26. The maximum Gasteiger partial charge on any atom is 0.337 e. The van der Waals surface area contributed by atoms with Crippen LogP contribution in [0.2, 0.25) is 0 Å². The molecular weight excluding hydrogens is 368 g/mol. The van der Waals surface area contributed by atoms with Gasteiger partial charge in [-0.2, -0.15) is 0 Å². The van der Waals surface area contributed by atoms with Crippen LogP contribution in [0.15, 0.2) is 65.6 Å². The number of carbonyl (C=O) groups is 1. The highest BCUT2D eigenvalue weighted by molar-refractivity contribution is 7.99. The molecule has 1 aliphatic heterocycles. The van der Waals surface area contributed by atoms with Crippen LogP contribution in [0.4, 0.5) is 0 Å². The van der Waals surface area contributed by atoms with Gasteiger partial charge in [-0.05, 0) is 17.7 Å². The van der Waals surface area contributed by atoms with Crippen LogP contribution in [-0.2, 0) is 25.6 Å². The number of thioether (sulfide) groups is 1. The van der Waals surface area contributed by atoms with E-state index in [-0.39, 0.29) is 6.61 Å². The van der Waals surface area contributed by atoms with Crippen LogP contribution in [-0.4, -0.2) is 53.1 Å². The summed E-state index contributed by atoms with van der Waals surface area (Å²) in [4.78, 5) is 12.9. The number of aliphatic hydroxyl groups excluding tert-OH is 2. The van der Waals surface area contributed by atoms with Crippen molar-refractivity contribution in [3.05, 3.63) is 66.2 Å². The Morgan fingerprint density at radius 1 is 1.04 bits per heavy atom. The van der Waals surface area contributed by atoms with Gasteiger partial charge in [0.15, 0.2) is 6.10 Å². The van der Waals surface area contributed by atoms with Gasteiger partial charge in [0, 0.05) is 4.90 Å². The van der Waals surface area contributed by atoms with E-state index in [9.17, 15) is 15.0 Å². The van der Waals surface area contributed by atoms with E-state index in [1.165, 1.54) is 18.9 Å². The van der Waals surface area contributed by atoms with Gasteiger partial charge in [0.25, 0.3) is 0 Å². The van der Waals surface area contributed by atoms with E-state index < -0.39 is 35.8 Å². The summed E-state index contributed by atoms with van der Waals surface area (Å²) in [5, 5.41) is 21.3. The van der Waals surface area contributed by atoms with Crippen molar-refractivity contribution in [2.24, 2.45) is 0 Å². The fraction of sp³-hybridized carbons (Fsp3) is 0.350. The highest BCUT2D eigenvalue weighted by Gasteiger charge is 2.49. The molecule has 5 atom stereocenters. The zero-order valence-corrected chi connectivity index (χ0v) is 15.6. The maximum atomic E-state index is 12.0. The fourth-order valence-corrected chi connectivity index (χ4v) is 3.89. The predicted molar refractivity (Wildman–Crippen MR) is 100 cm³/mol. The van der Waals surface area contributed by atoms with Crippen LogP contribution in [0, 0.1) is 0 Å². The number of esters is 1. The SMILES string of the molecule is COC(=O)C1O[C@@H](Sc2ccccc2)C(O)[C@@H](OCc2ccccc2)[C@@H]1O. The van der Waals surface area contributed by atoms with Crippen molar-refractivity contribution in [3.8, 4) is 0 Å². The predicted octanol–water partition coefficient (Wildman–Crippen LogP) is 1.98. The van der Waals surface area contributed by atoms with E-state index in [1.807, 2.05) is 60.7 Å². The molecule has 27 heavy (non-hydrogen) atoms. The molecule has 144 valence electrons. The summed E-state index contributed by atoms with van der Waals surface area (Å²) in [6.45, 7) is 0.191. The van der Waals surface area contributed by atoms with Crippen molar-refractivity contribution in [2.75, 3.05) is 7.11 Å². The Bertz CT molecular complexity index is 726. The largest absolute Gasteiger partial charge is 0.467 e. The molecule has 1 aliphatic rings. The lowest BCUT2D eigenvalue weighted by Crippen LogP contribution is -2.59. The molecule has 7 heteroatoms. The fourth-order valence-electron chi connectivity index (χ4n) is 2.84. The summed E-state index contributed by atoms with van der Waals surface area (Å²) in [7, 11) is 1.22. The van der Waals surface area contributed by atoms with E-state index in [0.717, 1.165) is 10.5 Å². The summed E-state index contributed by atoms with van der Waals surface area (Å²) in [5.41, 5.74) is 0.103. The Morgan fingerprint density at radius 2 is 1.67 bits per heavy atom. The number of methoxy groups -OCH3 is 1. The van der Waals surface area contributed by atoms with Gasteiger partial charge in [-0.15, -0.1) is 0 Å². The van der Waals surface area contributed by atoms with E-state index in [0.29, 0.717) is 0 Å². The summed E-state index contributed by atoms with van der Waals surface area (Å²) < 4.78 is 16.2. The zero-order chi connectivity index (χ0) is 19.2. The molecule has 0 amide bonds. The van der Waals surface area contributed by atoms with E-state index in [1.54, 1.807) is 0 Å². The quantitative estimate of drug-likeness (QED) is 0.730. The van der Waals surface area contributed by atoms with Crippen LogP contribution in [0.25, 0.3) is 0 Å². The summed E-state index contributed by atoms with van der Waals surface area (Å²) in [6.07, 6.45) is -4.71. The molecule has 3 rings (SSSR count).